The highest BCUT2D eigenvalue weighted by Gasteiger charge is 2.22. The molecule has 8 heteroatoms. The molecule has 8 nitrogen and oxygen atoms in total. The minimum atomic E-state index is -0.444. The summed E-state index contributed by atoms with van der Waals surface area (Å²) in [5.41, 5.74) is 3.58. The van der Waals surface area contributed by atoms with Gasteiger partial charge in [-0.05, 0) is 49.5 Å². The van der Waals surface area contributed by atoms with Gasteiger partial charge in [-0.2, -0.15) is 5.10 Å². The van der Waals surface area contributed by atoms with E-state index in [-0.39, 0.29) is 6.61 Å². The Morgan fingerprint density at radius 1 is 1.03 bits per heavy atom. The van der Waals surface area contributed by atoms with Crippen molar-refractivity contribution in [3.8, 4) is 16.9 Å². The lowest BCUT2D eigenvalue weighted by atomic mass is 10.1. The number of rotatable bonds is 9. The molecule has 3 rings (SSSR count). The average molecular weight is 424 g/mol. The Kier molecular flexibility index (Phi) is 7.64. The average Bonchev–Trinajstić information content (AvgIpc) is 3.32. The van der Waals surface area contributed by atoms with Gasteiger partial charge in [-0.15, -0.1) is 0 Å². The number of likely N-dealkylation sites (N-methyl/N-ethyl adjacent to an activating group) is 2. The van der Waals surface area contributed by atoms with Crippen molar-refractivity contribution in [1.29, 1.82) is 0 Å². The monoisotopic (exact) mass is 423 g/mol. The predicted molar refractivity (Wildman–Crippen MR) is 121 cm³/mol. The van der Waals surface area contributed by atoms with E-state index in [0.29, 0.717) is 6.54 Å². The van der Waals surface area contributed by atoms with Crippen LogP contribution in [0.25, 0.3) is 11.1 Å². The smallest absolute Gasteiger partial charge is 0.429 e. The molecule has 0 aliphatic rings. The molecule has 31 heavy (non-hydrogen) atoms. The number of nitrogens with one attached hydrogen (secondary N) is 1. The number of aromatic nitrogens is 2. The van der Waals surface area contributed by atoms with Crippen LogP contribution >= 0.6 is 0 Å². The van der Waals surface area contributed by atoms with Gasteiger partial charge < -0.3 is 14.4 Å². The molecule has 0 aliphatic carbocycles. The van der Waals surface area contributed by atoms with Crippen LogP contribution in [0.3, 0.4) is 0 Å². The van der Waals surface area contributed by atoms with Crippen molar-refractivity contribution >= 4 is 11.8 Å². The van der Waals surface area contributed by atoms with Crippen molar-refractivity contribution in [1.82, 2.24) is 20.1 Å². The van der Waals surface area contributed by atoms with Crippen LogP contribution in [0.1, 0.15) is 5.56 Å². The summed E-state index contributed by atoms with van der Waals surface area (Å²) < 4.78 is 10.9. The quantitative estimate of drug-likeness (QED) is 0.530. The third kappa shape index (κ3) is 6.07. The number of hydrogen-bond acceptors (Lipinski definition) is 6. The first kappa shape index (κ1) is 22.3. The summed E-state index contributed by atoms with van der Waals surface area (Å²) in [5.74, 6) is 0.725. The molecular weight excluding hydrogens is 394 g/mol. The van der Waals surface area contributed by atoms with Crippen molar-refractivity contribution in [2.45, 2.75) is 6.61 Å². The molecule has 164 valence electrons. The fourth-order valence-electron chi connectivity index (χ4n) is 3.06. The second-order valence-electron chi connectivity index (χ2n) is 7.44. The fourth-order valence-corrected chi connectivity index (χ4v) is 3.06. The van der Waals surface area contributed by atoms with Gasteiger partial charge in [0.2, 0.25) is 0 Å². The van der Waals surface area contributed by atoms with Crippen LogP contribution < -0.4 is 9.75 Å². The second kappa shape index (κ2) is 10.6. The highest BCUT2D eigenvalue weighted by molar-refractivity contribution is 5.87. The molecule has 0 spiro atoms. The lowest BCUT2D eigenvalue weighted by Crippen LogP contribution is -2.47. The van der Waals surface area contributed by atoms with E-state index in [1.807, 2.05) is 80.9 Å². The van der Waals surface area contributed by atoms with Crippen molar-refractivity contribution in [2.24, 2.45) is 0 Å². The number of hydrogen-bond donors (Lipinski definition) is 1. The fraction of sp³-hybridized carbons (Fsp3) is 0.304. The van der Waals surface area contributed by atoms with E-state index in [1.165, 1.54) is 0 Å². The maximum Gasteiger partial charge on any atom is 0.429 e. The third-order valence-corrected chi connectivity index (χ3v) is 4.83. The topological polar surface area (TPSA) is 73.9 Å². The van der Waals surface area contributed by atoms with Crippen LogP contribution in [0.4, 0.5) is 10.5 Å². The molecule has 0 aliphatic heterocycles. The van der Waals surface area contributed by atoms with Crippen molar-refractivity contribution in [3.05, 3.63) is 66.5 Å². The summed E-state index contributed by atoms with van der Waals surface area (Å²) in [6.07, 6.45) is 3.15. The van der Waals surface area contributed by atoms with Crippen molar-refractivity contribution in [2.75, 3.05) is 46.4 Å². The van der Waals surface area contributed by atoms with Crippen LogP contribution in [0, 0.1) is 0 Å². The number of benzene rings is 2. The Hall–Kier alpha value is -3.36. The van der Waals surface area contributed by atoms with Gasteiger partial charge in [-0.1, -0.05) is 24.3 Å². The molecule has 0 fully saturated rings. The lowest BCUT2D eigenvalue weighted by molar-refractivity contribution is 0.127. The number of hydrazine groups is 1. The number of methoxy groups -OCH3 is 1. The van der Waals surface area contributed by atoms with E-state index in [1.54, 1.807) is 18.3 Å². The van der Waals surface area contributed by atoms with Crippen LogP contribution in [-0.4, -0.2) is 67.5 Å². The van der Waals surface area contributed by atoms with E-state index in [4.69, 9.17) is 9.47 Å². The Bertz CT molecular complexity index is 958. The van der Waals surface area contributed by atoms with Gasteiger partial charge in [0.05, 0.1) is 19.0 Å². The Labute approximate surface area is 183 Å². The summed E-state index contributed by atoms with van der Waals surface area (Å²) in [6, 6.07) is 15.2. The lowest BCUT2D eigenvalue weighted by Gasteiger charge is -2.32. The number of carbonyl (C=O) groups is 1. The zero-order chi connectivity index (χ0) is 22.2. The maximum atomic E-state index is 13.1. The Morgan fingerprint density at radius 2 is 1.81 bits per heavy atom. The molecule has 0 bridgehead atoms. The number of carbonyl (C=O) groups excluding carboxylic acids is 1. The summed E-state index contributed by atoms with van der Waals surface area (Å²) >= 11 is 0. The number of aromatic amines is 1. The summed E-state index contributed by atoms with van der Waals surface area (Å²) in [4.78, 5) is 15.1. The summed E-state index contributed by atoms with van der Waals surface area (Å²) in [5, 5.41) is 10.2. The van der Waals surface area contributed by atoms with Crippen LogP contribution in [0.2, 0.25) is 0 Å². The summed E-state index contributed by atoms with van der Waals surface area (Å²) in [6.45, 7) is 1.61. The van der Waals surface area contributed by atoms with Gasteiger partial charge in [0.25, 0.3) is 0 Å². The number of nitrogens with zero attached hydrogens (tertiary/aromatic N) is 4. The first-order chi connectivity index (χ1) is 15.0. The number of ether oxygens (including phenoxy) is 2. The molecular formula is C23H29N5O3. The number of anilines is 1. The molecule has 1 amide bonds. The second-order valence-corrected chi connectivity index (χ2v) is 7.44. The highest BCUT2D eigenvalue weighted by Crippen LogP contribution is 2.24. The first-order valence-electron chi connectivity index (χ1n) is 10.0. The third-order valence-electron chi connectivity index (χ3n) is 4.83. The van der Waals surface area contributed by atoms with Gasteiger partial charge in [-0.25, -0.2) is 14.8 Å². The van der Waals surface area contributed by atoms with Gasteiger partial charge in [0, 0.05) is 31.9 Å². The van der Waals surface area contributed by atoms with Gasteiger partial charge in [0.15, 0.2) is 0 Å². The molecule has 2 aromatic carbocycles. The van der Waals surface area contributed by atoms with Gasteiger partial charge in [0.1, 0.15) is 12.4 Å². The van der Waals surface area contributed by atoms with E-state index in [2.05, 4.69) is 15.1 Å². The standard InChI is InChI=1S/C23H29N5O3/c1-26(2)12-13-27(3)28(21-10-8-19(9-11-21)20-15-24-25-16-20)23(29)31-17-18-6-5-7-22(14-18)30-4/h5-11,14-16H,12-13,17H2,1-4H3,(H,24,25). The molecule has 1 aromatic heterocycles. The van der Waals surface area contributed by atoms with E-state index < -0.39 is 6.09 Å². The molecule has 1 N–H and O–H groups in total. The minimum absolute atomic E-state index is 0.154. The van der Waals surface area contributed by atoms with E-state index in [9.17, 15) is 4.79 Å². The normalized spacial score (nSPS) is 11.0. The molecule has 1 heterocycles. The zero-order valence-electron chi connectivity index (χ0n) is 18.4. The molecule has 0 radical (unpaired) electrons. The first-order valence-corrected chi connectivity index (χ1v) is 10.0. The van der Waals surface area contributed by atoms with Crippen LogP contribution in [0.15, 0.2) is 60.9 Å². The zero-order valence-corrected chi connectivity index (χ0v) is 18.4. The van der Waals surface area contributed by atoms with Crippen molar-refractivity contribution < 1.29 is 14.3 Å². The molecule has 0 saturated carbocycles. The van der Waals surface area contributed by atoms with Crippen molar-refractivity contribution in [3.63, 3.8) is 0 Å². The summed E-state index contributed by atoms with van der Waals surface area (Å²) in [7, 11) is 7.48. The Morgan fingerprint density at radius 3 is 2.45 bits per heavy atom. The van der Waals surface area contributed by atoms with Gasteiger partial charge >= 0.3 is 6.09 Å². The SMILES string of the molecule is COc1cccc(COC(=O)N(c2ccc(-c3cn[nH]c3)cc2)N(C)CCN(C)C)c1. The van der Waals surface area contributed by atoms with E-state index in [0.717, 1.165) is 34.7 Å². The number of H-pyrrole nitrogens is 1. The Balaban J connectivity index is 1.77. The largest absolute Gasteiger partial charge is 0.497 e. The van der Waals surface area contributed by atoms with Crippen LogP contribution in [0.5, 0.6) is 5.75 Å². The molecule has 3 aromatic rings. The predicted octanol–water partition coefficient (Wildman–Crippen LogP) is 3.64. The molecule has 0 unspecified atom stereocenters. The van der Waals surface area contributed by atoms with E-state index >= 15 is 0 Å². The number of amides is 1. The highest BCUT2D eigenvalue weighted by atomic mass is 16.6. The van der Waals surface area contributed by atoms with Crippen LogP contribution in [-0.2, 0) is 11.3 Å². The maximum absolute atomic E-state index is 13.1. The minimum Gasteiger partial charge on any atom is -0.497 e. The van der Waals surface area contributed by atoms with Gasteiger partial charge in [-0.3, -0.25) is 5.10 Å². The molecule has 0 atom stereocenters. The molecule has 0 saturated heterocycles.